The Hall–Kier alpha value is -0.0900. The Morgan fingerprint density at radius 3 is 2.67 bits per heavy atom. The minimum atomic E-state index is 0.824. The van der Waals surface area contributed by atoms with Gasteiger partial charge in [-0.25, -0.2) is 0 Å². The minimum Gasteiger partial charge on any atom is -0.316 e. The van der Waals surface area contributed by atoms with E-state index in [2.05, 4.69) is 29.6 Å². The molecule has 2 N–H and O–H groups in total. The van der Waals surface area contributed by atoms with E-state index < -0.39 is 0 Å². The van der Waals surface area contributed by atoms with Crippen LogP contribution in [-0.2, 0) is 0 Å². The summed E-state index contributed by atoms with van der Waals surface area (Å²) in [7, 11) is 4.16. The first-order valence-corrected chi connectivity index (χ1v) is 6.00. The fraction of sp³-hybridized carbons (Fsp3) is 0.818. The van der Waals surface area contributed by atoms with E-state index in [4.69, 9.17) is 11.6 Å². The molecule has 1 aliphatic rings. The Kier molecular flexibility index (Phi) is 6.25. The molecule has 0 aromatic rings. The maximum Gasteiger partial charge on any atom is 0.0313 e. The van der Waals surface area contributed by atoms with Crippen LogP contribution in [0.25, 0.3) is 0 Å². The van der Waals surface area contributed by atoms with Crippen molar-refractivity contribution in [3.05, 3.63) is 10.6 Å². The highest BCUT2D eigenvalue weighted by atomic mass is 35.5. The van der Waals surface area contributed by atoms with Gasteiger partial charge < -0.3 is 15.5 Å². The highest BCUT2D eigenvalue weighted by molar-refractivity contribution is 6.30. The predicted octanol–water partition coefficient (Wildman–Crippen LogP) is 1.01. The van der Waals surface area contributed by atoms with E-state index in [1.165, 1.54) is 5.57 Å². The molecule has 1 rings (SSSR count). The number of halogens is 1. The van der Waals surface area contributed by atoms with Crippen molar-refractivity contribution in [2.45, 2.75) is 12.8 Å². The highest BCUT2D eigenvalue weighted by Crippen LogP contribution is 2.17. The molecule has 1 fully saturated rings. The number of hydrogen-bond donors (Lipinski definition) is 2. The van der Waals surface area contributed by atoms with Gasteiger partial charge in [-0.15, -0.1) is 0 Å². The van der Waals surface area contributed by atoms with Gasteiger partial charge in [-0.05, 0) is 40.0 Å². The molecule has 0 saturated carbocycles. The molecule has 3 nitrogen and oxygen atoms in total. The number of nitrogens with zero attached hydrogens (tertiary/aromatic N) is 1. The molecule has 1 saturated heterocycles. The van der Waals surface area contributed by atoms with Gasteiger partial charge in [-0.2, -0.15) is 0 Å². The minimum absolute atomic E-state index is 0.824. The summed E-state index contributed by atoms with van der Waals surface area (Å²) in [5.41, 5.74) is 1.42. The van der Waals surface area contributed by atoms with Crippen LogP contribution in [0.4, 0.5) is 0 Å². The van der Waals surface area contributed by atoms with Crippen molar-refractivity contribution in [1.82, 2.24) is 15.5 Å². The zero-order chi connectivity index (χ0) is 11.1. The second-order valence-corrected chi connectivity index (χ2v) is 4.69. The molecular formula is C11H22ClN3. The van der Waals surface area contributed by atoms with Crippen molar-refractivity contribution in [1.29, 1.82) is 0 Å². The highest BCUT2D eigenvalue weighted by Gasteiger charge is 2.08. The quantitative estimate of drug-likeness (QED) is 0.692. The standard InChI is InChI=1S/C11H22ClN3/c1-15(2)8-7-14-9-11(12)10-3-5-13-6-4-10/h13-14H,3-9H2,1-2H3. The lowest BCUT2D eigenvalue weighted by atomic mass is 10.1. The van der Waals surface area contributed by atoms with Crippen LogP contribution in [0.2, 0.25) is 0 Å². The van der Waals surface area contributed by atoms with Gasteiger partial charge >= 0.3 is 0 Å². The third kappa shape index (κ3) is 5.52. The van der Waals surface area contributed by atoms with Crippen molar-refractivity contribution in [2.24, 2.45) is 0 Å². The summed E-state index contributed by atoms with van der Waals surface area (Å²) < 4.78 is 0. The predicted molar refractivity (Wildman–Crippen MR) is 66.4 cm³/mol. The van der Waals surface area contributed by atoms with Crippen LogP contribution in [-0.4, -0.2) is 51.7 Å². The topological polar surface area (TPSA) is 27.3 Å². The number of rotatable bonds is 5. The average molecular weight is 232 g/mol. The molecule has 0 radical (unpaired) electrons. The Balaban J connectivity index is 2.18. The fourth-order valence-electron chi connectivity index (χ4n) is 1.63. The van der Waals surface area contributed by atoms with Crippen molar-refractivity contribution < 1.29 is 0 Å². The average Bonchev–Trinajstić information content (AvgIpc) is 2.25. The van der Waals surface area contributed by atoms with Crippen molar-refractivity contribution in [3.8, 4) is 0 Å². The molecule has 0 aromatic heterocycles. The smallest absolute Gasteiger partial charge is 0.0313 e. The van der Waals surface area contributed by atoms with Crippen molar-refractivity contribution in [2.75, 3.05) is 46.8 Å². The molecule has 1 heterocycles. The first-order chi connectivity index (χ1) is 7.20. The van der Waals surface area contributed by atoms with Crippen molar-refractivity contribution >= 4 is 11.6 Å². The van der Waals surface area contributed by atoms with Crippen LogP contribution in [0.15, 0.2) is 10.6 Å². The SMILES string of the molecule is CN(C)CCNCC(Cl)=C1CCNCC1. The van der Waals surface area contributed by atoms with Gasteiger partial charge in [0.1, 0.15) is 0 Å². The summed E-state index contributed by atoms with van der Waals surface area (Å²) in [6.07, 6.45) is 2.21. The van der Waals surface area contributed by atoms with E-state index >= 15 is 0 Å². The molecule has 0 amide bonds. The van der Waals surface area contributed by atoms with E-state index in [0.717, 1.165) is 50.6 Å². The zero-order valence-corrected chi connectivity index (χ0v) is 10.5. The van der Waals surface area contributed by atoms with E-state index in [1.807, 2.05) is 0 Å². The first-order valence-electron chi connectivity index (χ1n) is 5.62. The van der Waals surface area contributed by atoms with E-state index in [1.54, 1.807) is 0 Å². The number of piperidine rings is 1. The molecule has 88 valence electrons. The van der Waals surface area contributed by atoms with Gasteiger partial charge in [0.2, 0.25) is 0 Å². The molecule has 0 aliphatic carbocycles. The molecular weight excluding hydrogens is 210 g/mol. The third-order valence-corrected chi connectivity index (χ3v) is 3.01. The molecule has 15 heavy (non-hydrogen) atoms. The molecule has 0 spiro atoms. The van der Waals surface area contributed by atoms with E-state index in [9.17, 15) is 0 Å². The lowest BCUT2D eigenvalue weighted by molar-refractivity contribution is 0.404. The number of likely N-dealkylation sites (N-methyl/N-ethyl adjacent to an activating group) is 1. The van der Waals surface area contributed by atoms with Crippen LogP contribution >= 0.6 is 11.6 Å². The molecule has 0 atom stereocenters. The monoisotopic (exact) mass is 231 g/mol. The maximum atomic E-state index is 6.25. The normalized spacial score (nSPS) is 17.2. The van der Waals surface area contributed by atoms with E-state index in [0.29, 0.717) is 0 Å². The first kappa shape index (κ1) is 13.0. The zero-order valence-electron chi connectivity index (χ0n) is 9.77. The van der Waals surface area contributed by atoms with Crippen molar-refractivity contribution in [3.63, 3.8) is 0 Å². The second-order valence-electron chi connectivity index (χ2n) is 4.24. The summed E-state index contributed by atoms with van der Waals surface area (Å²) in [4.78, 5) is 2.17. The van der Waals surface area contributed by atoms with Gasteiger partial charge in [-0.3, -0.25) is 0 Å². The van der Waals surface area contributed by atoms with Gasteiger partial charge in [0, 0.05) is 24.7 Å². The van der Waals surface area contributed by atoms with Crippen LogP contribution in [0, 0.1) is 0 Å². The summed E-state index contributed by atoms with van der Waals surface area (Å²) >= 11 is 6.25. The Morgan fingerprint density at radius 1 is 1.40 bits per heavy atom. The van der Waals surface area contributed by atoms with Gasteiger partial charge in [0.05, 0.1) is 0 Å². The van der Waals surface area contributed by atoms with Crippen LogP contribution in [0.1, 0.15) is 12.8 Å². The van der Waals surface area contributed by atoms with Gasteiger partial charge in [0.25, 0.3) is 0 Å². The summed E-state index contributed by atoms with van der Waals surface area (Å²) in [5.74, 6) is 0. The lowest BCUT2D eigenvalue weighted by Crippen LogP contribution is -2.28. The van der Waals surface area contributed by atoms with Crippen LogP contribution < -0.4 is 10.6 Å². The van der Waals surface area contributed by atoms with Gasteiger partial charge in [0.15, 0.2) is 0 Å². The summed E-state index contributed by atoms with van der Waals surface area (Å²) in [6.45, 7) is 5.02. The second kappa shape index (κ2) is 7.23. The summed E-state index contributed by atoms with van der Waals surface area (Å²) in [6, 6.07) is 0. The Morgan fingerprint density at radius 2 is 2.07 bits per heavy atom. The third-order valence-electron chi connectivity index (χ3n) is 2.61. The number of hydrogen-bond acceptors (Lipinski definition) is 3. The van der Waals surface area contributed by atoms with Gasteiger partial charge in [-0.1, -0.05) is 17.2 Å². The Labute approximate surface area is 97.9 Å². The van der Waals surface area contributed by atoms with Crippen LogP contribution in [0.5, 0.6) is 0 Å². The lowest BCUT2D eigenvalue weighted by Gasteiger charge is -2.18. The molecule has 0 bridgehead atoms. The maximum absolute atomic E-state index is 6.25. The number of nitrogens with one attached hydrogen (secondary N) is 2. The molecule has 1 aliphatic heterocycles. The molecule has 0 unspecified atom stereocenters. The Bertz CT molecular complexity index is 206. The molecule has 0 aromatic carbocycles. The molecule has 4 heteroatoms. The summed E-state index contributed by atoms with van der Waals surface area (Å²) in [5, 5.41) is 7.72. The largest absolute Gasteiger partial charge is 0.316 e. The fourth-order valence-corrected chi connectivity index (χ4v) is 1.91. The van der Waals surface area contributed by atoms with E-state index in [-0.39, 0.29) is 0 Å². The van der Waals surface area contributed by atoms with Crippen LogP contribution in [0.3, 0.4) is 0 Å².